The van der Waals surface area contributed by atoms with Crippen molar-refractivity contribution in [2.45, 2.75) is 26.7 Å². The van der Waals surface area contributed by atoms with Gasteiger partial charge >= 0.3 is 0 Å². The smallest absolute Gasteiger partial charge is 0.141 e. The summed E-state index contributed by atoms with van der Waals surface area (Å²) in [6, 6.07) is 10.6. The lowest BCUT2D eigenvalue weighted by atomic mass is 9.98. The van der Waals surface area contributed by atoms with Crippen molar-refractivity contribution in [2.75, 3.05) is 18.0 Å². The van der Waals surface area contributed by atoms with Gasteiger partial charge in [-0.1, -0.05) is 37.3 Å². The van der Waals surface area contributed by atoms with Crippen LogP contribution in [0.25, 0.3) is 21.3 Å². The van der Waals surface area contributed by atoms with E-state index in [0.717, 1.165) is 29.7 Å². The zero-order chi connectivity index (χ0) is 15.8. The number of aromatic nitrogens is 2. The molecule has 1 aliphatic heterocycles. The van der Waals surface area contributed by atoms with Crippen molar-refractivity contribution in [3.05, 3.63) is 41.5 Å². The third-order valence-corrected chi connectivity index (χ3v) is 5.80. The Kier molecular flexibility index (Phi) is 3.77. The predicted molar refractivity (Wildman–Crippen MR) is 98.2 cm³/mol. The first-order valence-corrected chi connectivity index (χ1v) is 9.10. The number of rotatable bonds is 2. The molecule has 4 heteroatoms. The molecule has 0 aliphatic carbocycles. The van der Waals surface area contributed by atoms with Crippen molar-refractivity contribution in [3.8, 4) is 11.1 Å². The Morgan fingerprint density at radius 3 is 2.57 bits per heavy atom. The minimum Gasteiger partial charge on any atom is -0.356 e. The molecule has 0 spiro atoms. The molecule has 0 radical (unpaired) electrons. The number of hydrogen-bond acceptors (Lipinski definition) is 4. The molecule has 118 valence electrons. The standard InChI is InChI=1S/C19H21N3S/c1-13-8-10-22(11-9-13)18-17-16(15-6-4-3-5-7-15)14(2)23-19(17)21-12-20-18/h3-7,12-13H,8-11H2,1-2H3. The molecule has 4 rings (SSSR count). The molecule has 0 N–H and O–H groups in total. The van der Waals surface area contributed by atoms with Crippen LogP contribution in [-0.2, 0) is 0 Å². The van der Waals surface area contributed by atoms with E-state index in [1.54, 1.807) is 17.7 Å². The number of anilines is 1. The quantitative estimate of drug-likeness (QED) is 0.671. The van der Waals surface area contributed by atoms with Crippen LogP contribution < -0.4 is 4.90 Å². The van der Waals surface area contributed by atoms with E-state index in [9.17, 15) is 0 Å². The van der Waals surface area contributed by atoms with Gasteiger partial charge in [0.05, 0.1) is 5.39 Å². The van der Waals surface area contributed by atoms with Gasteiger partial charge in [0, 0.05) is 23.5 Å². The van der Waals surface area contributed by atoms with E-state index in [1.165, 1.54) is 34.2 Å². The van der Waals surface area contributed by atoms with Gasteiger partial charge in [-0.15, -0.1) is 11.3 Å². The number of benzene rings is 1. The Morgan fingerprint density at radius 2 is 1.83 bits per heavy atom. The predicted octanol–water partition coefficient (Wildman–Crippen LogP) is 4.90. The molecule has 0 bridgehead atoms. The lowest BCUT2D eigenvalue weighted by Gasteiger charge is -2.31. The SMILES string of the molecule is Cc1sc2ncnc(N3CCC(C)CC3)c2c1-c1ccccc1. The molecule has 1 saturated heterocycles. The Bertz CT molecular complexity index is 817. The summed E-state index contributed by atoms with van der Waals surface area (Å²) in [5.41, 5.74) is 2.57. The molecule has 2 aromatic heterocycles. The Morgan fingerprint density at radius 1 is 1.09 bits per heavy atom. The highest BCUT2D eigenvalue weighted by molar-refractivity contribution is 7.19. The molecule has 0 saturated carbocycles. The first-order chi connectivity index (χ1) is 11.2. The Balaban J connectivity index is 1.89. The maximum Gasteiger partial charge on any atom is 0.141 e. The maximum atomic E-state index is 4.68. The van der Waals surface area contributed by atoms with Crippen LogP contribution in [0, 0.1) is 12.8 Å². The van der Waals surface area contributed by atoms with Crippen LogP contribution in [0.2, 0.25) is 0 Å². The second kappa shape index (κ2) is 5.93. The second-order valence-corrected chi connectivity index (χ2v) is 7.65. The summed E-state index contributed by atoms with van der Waals surface area (Å²) in [7, 11) is 0. The number of piperidine rings is 1. The molecule has 1 aromatic carbocycles. The van der Waals surface area contributed by atoms with Gasteiger partial charge in [-0.3, -0.25) is 0 Å². The fourth-order valence-electron chi connectivity index (χ4n) is 3.44. The lowest BCUT2D eigenvalue weighted by Crippen LogP contribution is -2.33. The minimum atomic E-state index is 0.821. The maximum absolute atomic E-state index is 4.68. The summed E-state index contributed by atoms with van der Waals surface area (Å²) in [5, 5.41) is 1.23. The summed E-state index contributed by atoms with van der Waals surface area (Å²) in [6.45, 7) is 6.72. The highest BCUT2D eigenvalue weighted by atomic mass is 32.1. The van der Waals surface area contributed by atoms with Crippen molar-refractivity contribution in [1.29, 1.82) is 0 Å². The van der Waals surface area contributed by atoms with Crippen LogP contribution in [0.3, 0.4) is 0 Å². The molecule has 3 nitrogen and oxygen atoms in total. The fourth-order valence-corrected chi connectivity index (χ4v) is 4.45. The molecule has 0 unspecified atom stereocenters. The summed E-state index contributed by atoms with van der Waals surface area (Å²) in [4.78, 5) is 14.1. The van der Waals surface area contributed by atoms with Crippen LogP contribution in [0.4, 0.5) is 5.82 Å². The molecule has 0 amide bonds. The van der Waals surface area contributed by atoms with E-state index in [-0.39, 0.29) is 0 Å². The van der Waals surface area contributed by atoms with Crippen molar-refractivity contribution < 1.29 is 0 Å². The molecule has 0 atom stereocenters. The molecule has 1 fully saturated rings. The zero-order valence-electron chi connectivity index (χ0n) is 13.6. The summed E-state index contributed by atoms with van der Waals surface area (Å²) < 4.78 is 0. The van der Waals surface area contributed by atoms with Crippen LogP contribution in [0.5, 0.6) is 0 Å². The largest absolute Gasteiger partial charge is 0.356 e. The lowest BCUT2D eigenvalue weighted by molar-refractivity contribution is 0.437. The van der Waals surface area contributed by atoms with Gasteiger partial charge in [-0.25, -0.2) is 9.97 Å². The van der Waals surface area contributed by atoms with Gasteiger partial charge in [0.15, 0.2) is 0 Å². The van der Waals surface area contributed by atoms with Gasteiger partial charge in [0.2, 0.25) is 0 Å². The van der Waals surface area contributed by atoms with E-state index >= 15 is 0 Å². The highest BCUT2D eigenvalue weighted by Crippen LogP contribution is 2.41. The van der Waals surface area contributed by atoms with Crippen LogP contribution in [0.15, 0.2) is 36.7 Å². The molecule has 3 heterocycles. The highest BCUT2D eigenvalue weighted by Gasteiger charge is 2.23. The van der Waals surface area contributed by atoms with Crippen molar-refractivity contribution in [3.63, 3.8) is 0 Å². The molecular formula is C19H21N3S. The van der Waals surface area contributed by atoms with Crippen molar-refractivity contribution in [2.24, 2.45) is 5.92 Å². The van der Waals surface area contributed by atoms with E-state index < -0.39 is 0 Å². The van der Waals surface area contributed by atoms with Gasteiger partial charge in [0.25, 0.3) is 0 Å². The van der Waals surface area contributed by atoms with Crippen LogP contribution in [0.1, 0.15) is 24.6 Å². The van der Waals surface area contributed by atoms with Gasteiger partial charge in [-0.2, -0.15) is 0 Å². The number of thiophene rings is 1. The van der Waals surface area contributed by atoms with E-state index in [4.69, 9.17) is 0 Å². The average Bonchev–Trinajstić information content (AvgIpc) is 2.92. The van der Waals surface area contributed by atoms with Gasteiger partial charge in [-0.05, 0) is 31.2 Å². The fraction of sp³-hybridized carbons (Fsp3) is 0.368. The number of fused-ring (bicyclic) bond motifs is 1. The van der Waals surface area contributed by atoms with E-state index in [0.29, 0.717) is 0 Å². The molecular weight excluding hydrogens is 302 g/mol. The van der Waals surface area contributed by atoms with Gasteiger partial charge in [0.1, 0.15) is 17.0 Å². The Labute approximate surface area is 141 Å². The topological polar surface area (TPSA) is 29.0 Å². The number of hydrogen-bond donors (Lipinski definition) is 0. The molecule has 3 aromatic rings. The third-order valence-electron chi connectivity index (χ3n) is 4.79. The average molecular weight is 323 g/mol. The minimum absolute atomic E-state index is 0.821. The molecule has 1 aliphatic rings. The third kappa shape index (κ3) is 2.61. The van der Waals surface area contributed by atoms with Crippen LogP contribution >= 0.6 is 11.3 Å². The van der Waals surface area contributed by atoms with Crippen LogP contribution in [-0.4, -0.2) is 23.1 Å². The number of nitrogens with zero attached hydrogens (tertiary/aromatic N) is 3. The first kappa shape index (κ1) is 14.6. The number of aryl methyl sites for hydroxylation is 1. The monoisotopic (exact) mass is 323 g/mol. The summed E-state index contributed by atoms with van der Waals surface area (Å²) in [5.74, 6) is 1.94. The normalized spacial score (nSPS) is 16.2. The summed E-state index contributed by atoms with van der Waals surface area (Å²) >= 11 is 1.77. The van der Waals surface area contributed by atoms with Crippen molar-refractivity contribution >= 4 is 27.4 Å². The zero-order valence-corrected chi connectivity index (χ0v) is 14.4. The Hall–Kier alpha value is -1.94. The van der Waals surface area contributed by atoms with Gasteiger partial charge < -0.3 is 4.90 Å². The van der Waals surface area contributed by atoms with E-state index in [2.05, 4.69) is 59.0 Å². The molecule has 23 heavy (non-hydrogen) atoms. The van der Waals surface area contributed by atoms with Crippen molar-refractivity contribution in [1.82, 2.24) is 9.97 Å². The van der Waals surface area contributed by atoms with E-state index in [1.807, 2.05) is 0 Å². The second-order valence-electron chi connectivity index (χ2n) is 6.45. The first-order valence-electron chi connectivity index (χ1n) is 8.28. The summed E-state index contributed by atoms with van der Waals surface area (Å²) in [6.07, 6.45) is 4.21.